The standard InChI is InChI=1S/C13H23N3O2/c1-3-6-10(17-2)12-15-11(18-16-12)9-13(14)7-4-5-8-13/h10H,3-9,14H2,1-2H3. The number of ether oxygens (including phenoxy) is 1. The van der Waals surface area contributed by atoms with Gasteiger partial charge in [-0.1, -0.05) is 31.3 Å². The van der Waals surface area contributed by atoms with Gasteiger partial charge in [-0.2, -0.15) is 4.98 Å². The third-order valence-electron chi connectivity index (χ3n) is 3.71. The summed E-state index contributed by atoms with van der Waals surface area (Å²) >= 11 is 0. The Bertz CT molecular complexity index is 372. The lowest BCUT2D eigenvalue weighted by atomic mass is 9.95. The van der Waals surface area contributed by atoms with Crippen molar-refractivity contribution in [3.05, 3.63) is 11.7 Å². The maximum absolute atomic E-state index is 6.31. The van der Waals surface area contributed by atoms with Crippen molar-refractivity contribution in [1.82, 2.24) is 10.1 Å². The van der Waals surface area contributed by atoms with Crippen molar-refractivity contribution in [2.45, 2.75) is 63.5 Å². The molecule has 1 aromatic heterocycles. The smallest absolute Gasteiger partial charge is 0.228 e. The largest absolute Gasteiger partial charge is 0.373 e. The quantitative estimate of drug-likeness (QED) is 0.842. The van der Waals surface area contributed by atoms with E-state index in [0.29, 0.717) is 18.1 Å². The minimum absolute atomic E-state index is 0.0650. The van der Waals surface area contributed by atoms with E-state index in [1.165, 1.54) is 12.8 Å². The summed E-state index contributed by atoms with van der Waals surface area (Å²) in [6.45, 7) is 2.11. The Balaban J connectivity index is 2.01. The maximum Gasteiger partial charge on any atom is 0.228 e. The summed E-state index contributed by atoms with van der Waals surface area (Å²) in [7, 11) is 1.68. The molecule has 1 heterocycles. The molecule has 1 unspecified atom stereocenters. The lowest BCUT2D eigenvalue weighted by Crippen LogP contribution is -2.38. The van der Waals surface area contributed by atoms with Crippen LogP contribution in [0.15, 0.2) is 4.52 Å². The molecule has 1 saturated carbocycles. The Kier molecular flexibility index (Phi) is 4.35. The molecule has 2 N–H and O–H groups in total. The summed E-state index contributed by atoms with van der Waals surface area (Å²) in [5.74, 6) is 1.29. The fourth-order valence-electron chi connectivity index (χ4n) is 2.64. The first-order valence-corrected chi connectivity index (χ1v) is 6.81. The molecule has 18 heavy (non-hydrogen) atoms. The second-order valence-electron chi connectivity index (χ2n) is 5.31. The van der Waals surface area contributed by atoms with Crippen LogP contribution in [0.3, 0.4) is 0 Å². The van der Waals surface area contributed by atoms with Gasteiger partial charge in [-0.25, -0.2) is 0 Å². The van der Waals surface area contributed by atoms with Crippen LogP contribution in [-0.2, 0) is 11.2 Å². The number of hydrogen-bond donors (Lipinski definition) is 1. The SMILES string of the molecule is CCCC(OC)c1noc(CC2(N)CCCC2)n1. The molecule has 5 nitrogen and oxygen atoms in total. The number of aromatic nitrogens is 2. The molecule has 0 amide bonds. The third kappa shape index (κ3) is 3.09. The van der Waals surface area contributed by atoms with Gasteiger partial charge in [0.2, 0.25) is 11.7 Å². The highest BCUT2D eigenvalue weighted by Crippen LogP contribution is 2.30. The number of nitrogens with zero attached hydrogens (tertiary/aromatic N) is 2. The first-order chi connectivity index (χ1) is 8.67. The summed E-state index contributed by atoms with van der Waals surface area (Å²) < 4.78 is 10.7. The van der Waals surface area contributed by atoms with Crippen LogP contribution in [0.2, 0.25) is 0 Å². The highest BCUT2D eigenvalue weighted by molar-refractivity contribution is 5.00. The molecule has 1 aliphatic rings. The van der Waals surface area contributed by atoms with Crippen molar-refractivity contribution in [2.24, 2.45) is 5.73 Å². The first-order valence-electron chi connectivity index (χ1n) is 6.81. The fourth-order valence-corrected chi connectivity index (χ4v) is 2.64. The van der Waals surface area contributed by atoms with Crippen LogP contribution >= 0.6 is 0 Å². The molecule has 0 aromatic carbocycles. The second kappa shape index (κ2) is 5.80. The van der Waals surface area contributed by atoms with Crippen molar-refractivity contribution >= 4 is 0 Å². The zero-order chi connectivity index (χ0) is 13.0. The molecule has 102 valence electrons. The van der Waals surface area contributed by atoms with Crippen LogP contribution in [0.25, 0.3) is 0 Å². The average molecular weight is 253 g/mol. The van der Waals surface area contributed by atoms with Crippen LogP contribution < -0.4 is 5.73 Å². The molecule has 0 bridgehead atoms. The molecule has 0 spiro atoms. The van der Waals surface area contributed by atoms with E-state index in [4.69, 9.17) is 15.0 Å². The van der Waals surface area contributed by atoms with E-state index < -0.39 is 0 Å². The van der Waals surface area contributed by atoms with E-state index in [2.05, 4.69) is 17.1 Å². The zero-order valence-corrected chi connectivity index (χ0v) is 11.3. The minimum atomic E-state index is -0.142. The van der Waals surface area contributed by atoms with Crippen molar-refractivity contribution in [2.75, 3.05) is 7.11 Å². The molecule has 1 aromatic rings. The summed E-state index contributed by atoms with van der Waals surface area (Å²) in [6, 6.07) is 0. The van der Waals surface area contributed by atoms with Crippen molar-refractivity contribution in [1.29, 1.82) is 0 Å². The van der Waals surface area contributed by atoms with Gasteiger partial charge in [-0.3, -0.25) is 0 Å². The maximum atomic E-state index is 6.31. The average Bonchev–Trinajstić information content (AvgIpc) is 2.96. The lowest BCUT2D eigenvalue weighted by molar-refractivity contribution is 0.0854. The van der Waals surface area contributed by atoms with E-state index in [9.17, 15) is 0 Å². The van der Waals surface area contributed by atoms with Crippen LogP contribution in [-0.4, -0.2) is 22.8 Å². The molecule has 0 saturated heterocycles. The van der Waals surface area contributed by atoms with Gasteiger partial charge < -0.3 is 15.0 Å². The molecule has 0 radical (unpaired) electrons. The van der Waals surface area contributed by atoms with Gasteiger partial charge in [0, 0.05) is 19.1 Å². The van der Waals surface area contributed by atoms with Gasteiger partial charge in [0.25, 0.3) is 0 Å². The molecular formula is C13H23N3O2. The highest BCUT2D eigenvalue weighted by atomic mass is 16.5. The number of hydrogen-bond acceptors (Lipinski definition) is 5. The predicted molar refractivity (Wildman–Crippen MR) is 68.0 cm³/mol. The van der Waals surface area contributed by atoms with Crippen LogP contribution in [0.4, 0.5) is 0 Å². The van der Waals surface area contributed by atoms with Crippen LogP contribution in [0, 0.1) is 0 Å². The van der Waals surface area contributed by atoms with E-state index >= 15 is 0 Å². The molecule has 1 aliphatic carbocycles. The van der Waals surface area contributed by atoms with Gasteiger partial charge >= 0.3 is 0 Å². The Labute approximate surface area is 108 Å². The van der Waals surface area contributed by atoms with E-state index in [1.54, 1.807) is 7.11 Å². The minimum Gasteiger partial charge on any atom is -0.373 e. The van der Waals surface area contributed by atoms with Gasteiger partial charge in [-0.15, -0.1) is 0 Å². The molecule has 5 heteroatoms. The van der Waals surface area contributed by atoms with Crippen LogP contribution in [0.5, 0.6) is 0 Å². The van der Waals surface area contributed by atoms with E-state index in [0.717, 1.165) is 25.7 Å². The molecule has 1 fully saturated rings. The first kappa shape index (κ1) is 13.5. The van der Waals surface area contributed by atoms with Gasteiger partial charge in [0.1, 0.15) is 6.10 Å². The normalized spacial score (nSPS) is 20.2. The summed E-state index contributed by atoms with van der Waals surface area (Å²) in [5, 5.41) is 4.01. The Hall–Kier alpha value is -0.940. The van der Waals surface area contributed by atoms with E-state index in [-0.39, 0.29) is 11.6 Å². The Morgan fingerprint density at radius 1 is 1.44 bits per heavy atom. The van der Waals surface area contributed by atoms with Gasteiger partial charge in [0.15, 0.2) is 0 Å². The number of methoxy groups -OCH3 is 1. The Morgan fingerprint density at radius 3 is 2.78 bits per heavy atom. The topological polar surface area (TPSA) is 74.2 Å². The van der Waals surface area contributed by atoms with Crippen molar-refractivity contribution in [3.63, 3.8) is 0 Å². The Morgan fingerprint density at radius 2 is 2.17 bits per heavy atom. The summed E-state index contributed by atoms with van der Waals surface area (Å²) in [5.41, 5.74) is 6.17. The van der Waals surface area contributed by atoms with Gasteiger partial charge in [0.05, 0.1) is 0 Å². The second-order valence-corrected chi connectivity index (χ2v) is 5.31. The van der Waals surface area contributed by atoms with Gasteiger partial charge in [-0.05, 0) is 19.3 Å². The zero-order valence-electron chi connectivity index (χ0n) is 11.3. The molecular weight excluding hydrogens is 230 g/mol. The molecule has 1 atom stereocenters. The molecule has 0 aliphatic heterocycles. The molecule has 2 rings (SSSR count). The number of nitrogens with two attached hydrogens (primary N) is 1. The number of rotatable bonds is 6. The monoisotopic (exact) mass is 253 g/mol. The predicted octanol–water partition coefficient (Wildman–Crippen LogP) is 2.37. The van der Waals surface area contributed by atoms with Crippen molar-refractivity contribution < 1.29 is 9.26 Å². The third-order valence-corrected chi connectivity index (χ3v) is 3.71. The fraction of sp³-hybridized carbons (Fsp3) is 0.846. The van der Waals surface area contributed by atoms with E-state index in [1.807, 2.05) is 0 Å². The highest BCUT2D eigenvalue weighted by Gasteiger charge is 2.32. The summed E-state index contributed by atoms with van der Waals surface area (Å²) in [6.07, 6.45) is 7.06. The van der Waals surface area contributed by atoms with Crippen molar-refractivity contribution in [3.8, 4) is 0 Å². The van der Waals surface area contributed by atoms with Crippen LogP contribution in [0.1, 0.15) is 63.3 Å². The summed E-state index contributed by atoms with van der Waals surface area (Å²) in [4.78, 5) is 4.43. The lowest BCUT2D eigenvalue weighted by Gasteiger charge is -2.20.